The Morgan fingerprint density at radius 1 is 1.50 bits per heavy atom. The lowest BCUT2D eigenvalue weighted by Crippen LogP contribution is -2.41. The maximum atomic E-state index is 13.6. The van der Waals surface area contributed by atoms with Gasteiger partial charge in [0, 0.05) is 11.6 Å². The molecule has 0 spiro atoms. The van der Waals surface area contributed by atoms with E-state index >= 15 is 0 Å². The van der Waals surface area contributed by atoms with Crippen molar-refractivity contribution in [1.29, 1.82) is 0 Å². The Labute approximate surface area is 114 Å². The first-order valence-corrected chi connectivity index (χ1v) is 6.70. The van der Waals surface area contributed by atoms with Crippen LogP contribution in [0.15, 0.2) is 22.7 Å². The highest BCUT2D eigenvalue weighted by atomic mass is 79.9. The number of amides is 1. The smallest absolute Gasteiger partial charge is 0.254 e. The highest BCUT2D eigenvalue weighted by Crippen LogP contribution is 2.22. The Morgan fingerprint density at radius 2 is 2.28 bits per heavy atom. The van der Waals surface area contributed by atoms with Crippen molar-refractivity contribution >= 4 is 21.8 Å². The standard InChI is InChI=1S/C13H15BrFNO2/c1-18-12-4-2-3-11(12)16-13(17)9-7-8(14)5-6-10(9)15/h5-7,11-12H,2-4H2,1H3,(H,16,17). The molecule has 3 nitrogen and oxygen atoms in total. The number of benzene rings is 1. The van der Waals surface area contributed by atoms with Crippen LogP contribution in [-0.4, -0.2) is 25.2 Å². The van der Waals surface area contributed by atoms with Crippen LogP contribution in [0.5, 0.6) is 0 Å². The maximum absolute atomic E-state index is 13.6. The molecule has 0 heterocycles. The van der Waals surface area contributed by atoms with E-state index in [0.717, 1.165) is 19.3 Å². The van der Waals surface area contributed by atoms with Crippen LogP contribution in [-0.2, 0) is 4.74 Å². The summed E-state index contributed by atoms with van der Waals surface area (Å²) in [4.78, 5) is 12.0. The molecule has 0 aliphatic heterocycles. The number of methoxy groups -OCH3 is 1. The van der Waals surface area contributed by atoms with Crippen LogP contribution in [0.2, 0.25) is 0 Å². The summed E-state index contributed by atoms with van der Waals surface area (Å²) >= 11 is 3.23. The van der Waals surface area contributed by atoms with Crippen LogP contribution in [0.1, 0.15) is 29.6 Å². The van der Waals surface area contributed by atoms with Crippen molar-refractivity contribution in [2.45, 2.75) is 31.4 Å². The second-order valence-electron chi connectivity index (χ2n) is 4.41. The summed E-state index contributed by atoms with van der Waals surface area (Å²) in [5.74, 6) is -0.898. The predicted octanol–water partition coefficient (Wildman–Crippen LogP) is 2.89. The molecule has 1 aromatic rings. The zero-order chi connectivity index (χ0) is 13.1. The molecule has 1 fully saturated rings. The molecule has 1 saturated carbocycles. The number of ether oxygens (including phenoxy) is 1. The number of hydrogen-bond acceptors (Lipinski definition) is 2. The van der Waals surface area contributed by atoms with E-state index in [0.29, 0.717) is 4.47 Å². The van der Waals surface area contributed by atoms with E-state index in [4.69, 9.17) is 4.74 Å². The number of carbonyl (C=O) groups is 1. The zero-order valence-corrected chi connectivity index (χ0v) is 11.7. The lowest BCUT2D eigenvalue weighted by atomic mass is 10.1. The SMILES string of the molecule is COC1CCCC1NC(=O)c1cc(Br)ccc1F. The van der Waals surface area contributed by atoms with Gasteiger partial charge in [-0.25, -0.2) is 4.39 Å². The Balaban J connectivity index is 2.09. The first-order valence-electron chi connectivity index (χ1n) is 5.90. The largest absolute Gasteiger partial charge is 0.379 e. The van der Waals surface area contributed by atoms with Crippen molar-refractivity contribution in [3.05, 3.63) is 34.1 Å². The fourth-order valence-electron chi connectivity index (χ4n) is 2.29. The average molecular weight is 316 g/mol. The average Bonchev–Trinajstić information content (AvgIpc) is 2.79. The molecule has 5 heteroatoms. The van der Waals surface area contributed by atoms with Gasteiger partial charge in [-0.1, -0.05) is 15.9 Å². The third kappa shape index (κ3) is 2.90. The van der Waals surface area contributed by atoms with Gasteiger partial charge in [0.15, 0.2) is 0 Å². The van der Waals surface area contributed by atoms with Crippen molar-refractivity contribution in [3.63, 3.8) is 0 Å². The third-order valence-corrected chi connectivity index (χ3v) is 3.74. The Morgan fingerprint density at radius 3 is 3.00 bits per heavy atom. The molecule has 1 aromatic carbocycles. The molecular weight excluding hydrogens is 301 g/mol. The van der Waals surface area contributed by atoms with E-state index in [9.17, 15) is 9.18 Å². The molecule has 0 aromatic heterocycles. The molecule has 2 unspecified atom stereocenters. The lowest BCUT2D eigenvalue weighted by molar-refractivity contribution is 0.0720. The Bertz CT molecular complexity index is 453. The minimum absolute atomic E-state index is 0.0270. The Hall–Kier alpha value is -0.940. The normalized spacial score (nSPS) is 23.1. The predicted molar refractivity (Wildman–Crippen MR) is 70.0 cm³/mol. The summed E-state index contributed by atoms with van der Waals surface area (Å²) in [6.45, 7) is 0. The van der Waals surface area contributed by atoms with Crippen LogP contribution in [0.25, 0.3) is 0 Å². The van der Waals surface area contributed by atoms with Crippen molar-refractivity contribution in [3.8, 4) is 0 Å². The summed E-state index contributed by atoms with van der Waals surface area (Å²) in [6, 6.07) is 4.31. The monoisotopic (exact) mass is 315 g/mol. The highest BCUT2D eigenvalue weighted by molar-refractivity contribution is 9.10. The third-order valence-electron chi connectivity index (χ3n) is 3.24. The van der Waals surface area contributed by atoms with E-state index < -0.39 is 5.82 Å². The molecule has 98 valence electrons. The molecule has 0 bridgehead atoms. The summed E-state index contributed by atoms with van der Waals surface area (Å²) < 4.78 is 19.5. The fourth-order valence-corrected chi connectivity index (χ4v) is 2.65. The molecule has 2 rings (SSSR count). The molecule has 1 aliphatic carbocycles. The number of nitrogens with one attached hydrogen (secondary N) is 1. The lowest BCUT2D eigenvalue weighted by Gasteiger charge is -2.19. The summed E-state index contributed by atoms with van der Waals surface area (Å²) in [5.41, 5.74) is 0.0612. The first kappa shape index (κ1) is 13.5. The number of halogens is 2. The fraction of sp³-hybridized carbons (Fsp3) is 0.462. The molecular formula is C13H15BrFNO2. The van der Waals surface area contributed by atoms with Gasteiger partial charge >= 0.3 is 0 Å². The molecule has 0 radical (unpaired) electrons. The first-order chi connectivity index (χ1) is 8.61. The van der Waals surface area contributed by atoms with Gasteiger partial charge in [0.1, 0.15) is 5.82 Å². The topological polar surface area (TPSA) is 38.3 Å². The van der Waals surface area contributed by atoms with Crippen LogP contribution < -0.4 is 5.32 Å². The van der Waals surface area contributed by atoms with E-state index in [1.54, 1.807) is 13.2 Å². The minimum atomic E-state index is -0.511. The maximum Gasteiger partial charge on any atom is 0.254 e. The Kier molecular flexibility index (Phi) is 4.35. The van der Waals surface area contributed by atoms with Crippen molar-refractivity contribution in [2.24, 2.45) is 0 Å². The second-order valence-corrected chi connectivity index (χ2v) is 5.32. The van der Waals surface area contributed by atoms with Gasteiger partial charge in [-0.05, 0) is 37.5 Å². The highest BCUT2D eigenvalue weighted by Gasteiger charge is 2.29. The number of rotatable bonds is 3. The van der Waals surface area contributed by atoms with Crippen LogP contribution >= 0.6 is 15.9 Å². The van der Waals surface area contributed by atoms with E-state index in [-0.39, 0.29) is 23.6 Å². The summed E-state index contributed by atoms with van der Waals surface area (Å²) in [5, 5.41) is 2.84. The number of hydrogen-bond donors (Lipinski definition) is 1. The van der Waals surface area contributed by atoms with E-state index in [1.165, 1.54) is 12.1 Å². The second kappa shape index (κ2) is 5.80. The molecule has 1 aliphatic rings. The molecule has 1 N–H and O–H groups in total. The molecule has 18 heavy (non-hydrogen) atoms. The van der Waals surface area contributed by atoms with Gasteiger partial charge in [0.05, 0.1) is 17.7 Å². The number of carbonyl (C=O) groups excluding carboxylic acids is 1. The van der Waals surface area contributed by atoms with Gasteiger partial charge < -0.3 is 10.1 Å². The van der Waals surface area contributed by atoms with Gasteiger partial charge in [-0.15, -0.1) is 0 Å². The van der Waals surface area contributed by atoms with Crippen LogP contribution in [0, 0.1) is 5.82 Å². The molecule has 0 saturated heterocycles. The summed E-state index contributed by atoms with van der Waals surface area (Å²) in [7, 11) is 1.63. The van der Waals surface area contributed by atoms with E-state index in [1.807, 2.05) is 0 Å². The van der Waals surface area contributed by atoms with Gasteiger partial charge in [-0.3, -0.25) is 4.79 Å². The van der Waals surface area contributed by atoms with Crippen molar-refractivity contribution < 1.29 is 13.9 Å². The van der Waals surface area contributed by atoms with E-state index in [2.05, 4.69) is 21.2 Å². The van der Waals surface area contributed by atoms with Crippen molar-refractivity contribution in [2.75, 3.05) is 7.11 Å². The van der Waals surface area contributed by atoms with Crippen molar-refractivity contribution in [1.82, 2.24) is 5.32 Å². The quantitative estimate of drug-likeness (QED) is 0.931. The van der Waals surface area contributed by atoms with Gasteiger partial charge in [-0.2, -0.15) is 0 Å². The zero-order valence-electron chi connectivity index (χ0n) is 10.1. The molecule has 2 atom stereocenters. The van der Waals surface area contributed by atoms with Crippen LogP contribution in [0.3, 0.4) is 0 Å². The van der Waals surface area contributed by atoms with Gasteiger partial charge in [0.25, 0.3) is 5.91 Å². The minimum Gasteiger partial charge on any atom is -0.379 e. The summed E-state index contributed by atoms with van der Waals surface area (Å²) in [6.07, 6.45) is 2.86. The van der Waals surface area contributed by atoms with Crippen LogP contribution in [0.4, 0.5) is 4.39 Å². The van der Waals surface area contributed by atoms with Gasteiger partial charge in [0.2, 0.25) is 0 Å². The molecule has 1 amide bonds.